The predicted molar refractivity (Wildman–Crippen MR) is 77.2 cm³/mol. The highest BCUT2D eigenvalue weighted by Gasteiger charge is 2.42. The molecule has 9 heteroatoms. The van der Waals surface area contributed by atoms with Gasteiger partial charge in [0.25, 0.3) is 0 Å². The Bertz CT molecular complexity index is 428. The van der Waals surface area contributed by atoms with Gasteiger partial charge in [0.2, 0.25) is 0 Å². The maximum Gasteiger partial charge on any atom is 0.415 e. The number of nitrogens with zero attached hydrogens (tertiary/aromatic N) is 1. The third-order valence-electron chi connectivity index (χ3n) is 2.87. The second-order valence-electron chi connectivity index (χ2n) is 4.79. The molecule has 0 radical (unpaired) electrons. The lowest BCUT2D eigenvalue weighted by atomic mass is 10.2. The van der Waals surface area contributed by atoms with Crippen LogP contribution in [0.1, 0.15) is 19.4 Å². The summed E-state index contributed by atoms with van der Waals surface area (Å²) < 4.78 is 74.1. The third-order valence-corrected chi connectivity index (χ3v) is 2.87. The second-order valence-corrected chi connectivity index (χ2v) is 4.79. The molecule has 0 saturated carbocycles. The molecule has 2 atom stereocenters. The van der Waals surface area contributed by atoms with Crippen molar-refractivity contribution in [2.24, 2.45) is 0 Å². The van der Waals surface area contributed by atoms with E-state index in [-0.39, 0.29) is 6.54 Å². The van der Waals surface area contributed by atoms with Gasteiger partial charge in [-0.15, -0.1) is 0 Å². The first-order chi connectivity index (χ1) is 11.0. The summed E-state index contributed by atoms with van der Waals surface area (Å²) in [5.74, 6) is 0. The minimum absolute atomic E-state index is 0.263. The zero-order valence-corrected chi connectivity index (χ0v) is 13.3. The van der Waals surface area contributed by atoms with Gasteiger partial charge in [0.05, 0.1) is 0 Å². The summed E-state index contributed by atoms with van der Waals surface area (Å²) in [6.45, 7) is 1.61. The van der Waals surface area contributed by atoms with Crippen molar-refractivity contribution >= 4 is 0 Å². The van der Waals surface area contributed by atoms with E-state index in [4.69, 9.17) is 10.2 Å². The fourth-order valence-electron chi connectivity index (χ4n) is 1.74. The molecule has 0 aliphatic carbocycles. The van der Waals surface area contributed by atoms with Gasteiger partial charge in [0.15, 0.2) is 12.2 Å². The predicted octanol–water partition coefficient (Wildman–Crippen LogP) is 3.36. The molecule has 0 heterocycles. The molecule has 0 bridgehead atoms. The van der Waals surface area contributed by atoms with Crippen molar-refractivity contribution in [3.05, 3.63) is 35.9 Å². The minimum Gasteiger partial charge on any atom is -0.382 e. The number of benzene rings is 1. The summed E-state index contributed by atoms with van der Waals surface area (Å²) in [5, 5.41) is 18.0. The molecule has 140 valence electrons. The van der Waals surface area contributed by atoms with E-state index in [0.29, 0.717) is 10.5 Å². The third kappa shape index (κ3) is 8.51. The summed E-state index contributed by atoms with van der Waals surface area (Å²) in [6.07, 6.45) is -15.5. The van der Waals surface area contributed by atoms with Crippen molar-refractivity contribution in [2.45, 2.75) is 45.0 Å². The monoisotopic (exact) mass is 361 g/mol. The van der Waals surface area contributed by atoms with E-state index in [0.717, 1.165) is 0 Å². The molecule has 1 aromatic rings. The lowest BCUT2D eigenvalue weighted by Crippen LogP contribution is -2.46. The largest absolute Gasteiger partial charge is 0.415 e. The number of hydrogen-bond donors (Lipinski definition) is 2. The average molecular weight is 361 g/mol. The van der Waals surface area contributed by atoms with Gasteiger partial charge in [-0.2, -0.15) is 26.3 Å². The maximum atomic E-state index is 12.4. The number of alkyl halides is 6. The first-order valence-electron chi connectivity index (χ1n) is 7.26. The fourth-order valence-corrected chi connectivity index (χ4v) is 1.74. The van der Waals surface area contributed by atoms with E-state index in [1.807, 2.05) is 13.8 Å². The number of aliphatic hydroxyl groups is 2. The Kier molecular flexibility index (Phi) is 9.31. The molecule has 2 N–H and O–H groups in total. The fraction of sp³-hybridized carbons (Fsp3) is 0.600. The van der Waals surface area contributed by atoms with Gasteiger partial charge in [-0.25, -0.2) is 0 Å². The molecule has 2 unspecified atom stereocenters. The molecule has 0 aliphatic heterocycles. The molecule has 0 fully saturated rings. The van der Waals surface area contributed by atoms with Gasteiger partial charge in [-0.3, -0.25) is 4.90 Å². The highest BCUT2D eigenvalue weighted by molar-refractivity contribution is 5.14. The maximum absolute atomic E-state index is 12.4. The Morgan fingerprint density at radius 3 is 1.54 bits per heavy atom. The Hall–Kier alpha value is -1.32. The SMILES string of the molecule is CC.OC(CN(Cc1ccccc1)CC(O)C(F)(F)F)C(F)(F)F. The Labute approximate surface area is 136 Å². The van der Waals surface area contributed by atoms with Crippen LogP contribution in [-0.2, 0) is 6.54 Å². The molecule has 3 nitrogen and oxygen atoms in total. The quantitative estimate of drug-likeness (QED) is 0.764. The number of rotatable bonds is 6. The molecule has 1 aromatic carbocycles. The van der Waals surface area contributed by atoms with Gasteiger partial charge in [-0.1, -0.05) is 44.2 Å². The van der Waals surface area contributed by atoms with Crippen molar-refractivity contribution < 1.29 is 36.6 Å². The van der Waals surface area contributed by atoms with E-state index in [9.17, 15) is 26.3 Å². The van der Waals surface area contributed by atoms with Crippen molar-refractivity contribution in [3.8, 4) is 0 Å². The average Bonchev–Trinajstić information content (AvgIpc) is 2.48. The highest BCUT2D eigenvalue weighted by atomic mass is 19.4. The highest BCUT2D eigenvalue weighted by Crippen LogP contribution is 2.24. The molecular formula is C15H21F6NO2. The van der Waals surface area contributed by atoms with Crippen molar-refractivity contribution in [2.75, 3.05) is 13.1 Å². The Morgan fingerprint density at radius 1 is 0.833 bits per heavy atom. The van der Waals surface area contributed by atoms with Crippen LogP contribution in [0.2, 0.25) is 0 Å². The molecule has 0 amide bonds. The summed E-state index contributed by atoms with van der Waals surface area (Å²) in [7, 11) is 0. The van der Waals surface area contributed by atoms with E-state index in [1.54, 1.807) is 18.2 Å². The molecule has 0 spiro atoms. The van der Waals surface area contributed by atoms with E-state index in [1.165, 1.54) is 12.1 Å². The van der Waals surface area contributed by atoms with Gasteiger partial charge < -0.3 is 10.2 Å². The number of aliphatic hydroxyl groups excluding tert-OH is 2. The lowest BCUT2D eigenvalue weighted by Gasteiger charge is -2.28. The summed E-state index contributed by atoms with van der Waals surface area (Å²) >= 11 is 0. The normalized spacial score (nSPS) is 14.8. The molecule has 24 heavy (non-hydrogen) atoms. The van der Waals surface area contributed by atoms with Crippen LogP contribution in [0.5, 0.6) is 0 Å². The first kappa shape index (κ1) is 22.7. The van der Waals surface area contributed by atoms with Crippen LogP contribution in [0.3, 0.4) is 0 Å². The lowest BCUT2D eigenvalue weighted by molar-refractivity contribution is -0.221. The first-order valence-corrected chi connectivity index (χ1v) is 7.26. The molecule has 0 aliphatic rings. The zero-order chi connectivity index (χ0) is 19.0. The zero-order valence-electron chi connectivity index (χ0n) is 13.3. The van der Waals surface area contributed by atoms with Crippen molar-refractivity contribution in [1.82, 2.24) is 4.90 Å². The molecule has 1 rings (SSSR count). The van der Waals surface area contributed by atoms with E-state index in [2.05, 4.69) is 0 Å². The van der Waals surface area contributed by atoms with E-state index >= 15 is 0 Å². The summed E-state index contributed by atoms with van der Waals surface area (Å²) in [5.41, 5.74) is 0.464. The smallest absolute Gasteiger partial charge is 0.382 e. The standard InChI is InChI=1S/C13H15F6NO2.C2H6/c14-12(15,16)10(21)7-20(8-11(22)13(17,18)19)6-9-4-2-1-3-5-9;1-2/h1-5,10-11,21-22H,6-8H2;1-2H3. The number of hydrogen-bond acceptors (Lipinski definition) is 3. The molecular weight excluding hydrogens is 340 g/mol. The Morgan fingerprint density at radius 2 is 1.21 bits per heavy atom. The van der Waals surface area contributed by atoms with Crippen LogP contribution >= 0.6 is 0 Å². The van der Waals surface area contributed by atoms with Crippen LogP contribution in [0.4, 0.5) is 26.3 Å². The van der Waals surface area contributed by atoms with Gasteiger partial charge >= 0.3 is 12.4 Å². The summed E-state index contributed by atoms with van der Waals surface area (Å²) in [4.78, 5) is 0.714. The van der Waals surface area contributed by atoms with Gasteiger partial charge in [0, 0.05) is 19.6 Å². The number of halogens is 6. The van der Waals surface area contributed by atoms with Crippen molar-refractivity contribution in [1.29, 1.82) is 0 Å². The minimum atomic E-state index is -4.95. The van der Waals surface area contributed by atoms with Crippen LogP contribution in [0.15, 0.2) is 30.3 Å². The van der Waals surface area contributed by atoms with Crippen molar-refractivity contribution in [3.63, 3.8) is 0 Å². The van der Waals surface area contributed by atoms with Crippen LogP contribution in [0, 0.1) is 0 Å². The van der Waals surface area contributed by atoms with Crippen LogP contribution < -0.4 is 0 Å². The van der Waals surface area contributed by atoms with Crippen LogP contribution in [-0.4, -0.2) is 52.8 Å². The van der Waals surface area contributed by atoms with Gasteiger partial charge in [-0.05, 0) is 5.56 Å². The van der Waals surface area contributed by atoms with Gasteiger partial charge in [0.1, 0.15) is 0 Å². The Balaban J connectivity index is 0.00000254. The molecule has 0 saturated heterocycles. The summed E-state index contributed by atoms with van der Waals surface area (Å²) in [6, 6.07) is 7.84. The molecule has 0 aromatic heterocycles. The van der Waals surface area contributed by atoms with E-state index < -0.39 is 37.7 Å². The van der Waals surface area contributed by atoms with Crippen LogP contribution in [0.25, 0.3) is 0 Å². The topological polar surface area (TPSA) is 43.7 Å². The second kappa shape index (κ2) is 9.85.